The summed E-state index contributed by atoms with van der Waals surface area (Å²) in [6.45, 7) is 0. The van der Waals surface area contributed by atoms with Crippen molar-refractivity contribution in [3.63, 3.8) is 0 Å². The Morgan fingerprint density at radius 2 is 2.04 bits per heavy atom. The molecule has 0 aliphatic rings. The van der Waals surface area contributed by atoms with Gasteiger partial charge in [-0.1, -0.05) is 11.6 Å². The Kier molecular flexibility index (Phi) is 5.76. The average Bonchev–Trinajstić information content (AvgIpc) is 2.63. The van der Waals surface area contributed by atoms with Gasteiger partial charge in [0.2, 0.25) is 5.95 Å². The predicted molar refractivity (Wildman–Crippen MR) is 107 cm³/mol. The van der Waals surface area contributed by atoms with Crippen molar-refractivity contribution >= 4 is 33.0 Å². The zero-order valence-electron chi connectivity index (χ0n) is 15.1. The predicted octanol–water partition coefficient (Wildman–Crippen LogP) is 4.26. The number of aromatic nitrogens is 3. The molecule has 0 saturated heterocycles. The lowest BCUT2D eigenvalue weighted by Crippen LogP contribution is -2.03. The van der Waals surface area contributed by atoms with E-state index in [2.05, 4.69) is 20.3 Å². The molecule has 0 radical (unpaired) electrons. The Balaban J connectivity index is 1.91. The lowest BCUT2D eigenvalue weighted by Gasteiger charge is -2.11. The van der Waals surface area contributed by atoms with Crippen LogP contribution in [0.25, 0.3) is 11.4 Å². The number of ether oxygens (including phenoxy) is 1. The molecule has 0 aliphatic heterocycles. The molecule has 0 amide bonds. The Hall–Kier alpha value is -2.78. The molecule has 2 aromatic carbocycles. The fourth-order valence-electron chi connectivity index (χ4n) is 2.53. The molecule has 3 rings (SSSR count). The van der Waals surface area contributed by atoms with Gasteiger partial charge in [0.1, 0.15) is 17.9 Å². The van der Waals surface area contributed by atoms with Crippen LogP contribution in [-0.2, 0) is 15.5 Å². The molecule has 1 aromatic heterocycles. The van der Waals surface area contributed by atoms with Gasteiger partial charge >= 0.3 is 0 Å². The van der Waals surface area contributed by atoms with Crippen LogP contribution >= 0.6 is 11.6 Å². The number of halogens is 2. The molecule has 3 aromatic rings. The fourth-order valence-corrected chi connectivity index (χ4v) is 3.62. The van der Waals surface area contributed by atoms with E-state index in [4.69, 9.17) is 21.1 Å². The molecule has 146 valence electrons. The first-order valence-electron chi connectivity index (χ1n) is 8.05. The Morgan fingerprint density at radius 1 is 1.25 bits per heavy atom. The van der Waals surface area contributed by atoms with Crippen LogP contribution in [0.5, 0.6) is 5.75 Å². The first-order valence-corrected chi connectivity index (χ1v) is 10.6. The second-order valence-electron chi connectivity index (χ2n) is 6.06. The van der Waals surface area contributed by atoms with Crippen molar-refractivity contribution in [2.24, 2.45) is 0 Å². The van der Waals surface area contributed by atoms with Crippen molar-refractivity contribution in [1.82, 2.24) is 15.0 Å². The van der Waals surface area contributed by atoms with Crippen molar-refractivity contribution in [3.8, 4) is 17.1 Å². The first kappa shape index (κ1) is 20.0. The van der Waals surface area contributed by atoms with Crippen LogP contribution in [0.15, 0.2) is 42.7 Å². The average molecular weight is 422 g/mol. The summed E-state index contributed by atoms with van der Waals surface area (Å²) in [6.07, 6.45) is 2.69. The minimum Gasteiger partial charge on any atom is -0.496 e. The molecule has 0 saturated carbocycles. The van der Waals surface area contributed by atoms with Gasteiger partial charge in [-0.05, 0) is 35.9 Å². The highest BCUT2D eigenvalue weighted by Crippen LogP contribution is 2.29. The van der Waals surface area contributed by atoms with E-state index in [1.807, 2.05) is 0 Å². The summed E-state index contributed by atoms with van der Waals surface area (Å²) in [4.78, 5) is 12.5. The van der Waals surface area contributed by atoms with Crippen molar-refractivity contribution in [3.05, 3.63) is 59.1 Å². The van der Waals surface area contributed by atoms with Gasteiger partial charge in [0.05, 0.1) is 18.4 Å². The van der Waals surface area contributed by atoms with E-state index in [-0.39, 0.29) is 11.7 Å². The Labute approximate surface area is 167 Å². The van der Waals surface area contributed by atoms with Gasteiger partial charge in [-0.25, -0.2) is 18.6 Å². The van der Waals surface area contributed by atoms with Gasteiger partial charge in [-0.3, -0.25) is 4.78 Å². The number of anilines is 2. The summed E-state index contributed by atoms with van der Waals surface area (Å²) in [6, 6.07) is 9.14. The molecule has 1 heterocycles. The van der Waals surface area contributed by atoms with E-state index in [0.717, 1.165) is 0 Å². The summed E-state index contributed by atoms with van der Waals surface area (Å²) in [7, 11) is -1.30. The second-order valence-corrected chi connectivity index (χ2v) is 8.76. The van der Waals surface area contributed by atoms with E-state index in [1.165, 1.54) is 37.9 Å². The number of hydrogen-bond donors (Lipinski definition) is 2. The van der Waals surface area contributed by atoms with Crippen molar-refractivity contribution in [1.29, 1.82) is 4.78 Å². The van der Waals surface area contributed by atoms with Crippen LogP contribution in [0.3, 0.4) is 0 Å². The molecule has 0 spiro atoms. The maximum Gasteiger partial charge on any atom is 0.230 e. The smallest absolute Gasteiger partial charge is 0.230 e. The second kappa shape index (κ2) is 8.07. The summed E-state index contributed by atoms with van der Waals surface area (Å²) in [5.41, 5.74) is 1.72. The van der Waals surface area contributed by atoms with Gasteiger partial charge in [-0.15, -0.1) is 0 Å². The highest BCUT2D eigenvalue weighted by molar-refractivity contribution is 7.90. The molecule has 0 bridgehead atoms. The highest BCUT2D eigenvalue weighted by Gasteiger charge is 2.12. The molecular formula is C18H17ClFN5O2S. The SMILES string of the molecule is COc1cc(F)ccc1-c1ncnc(Nc2ccc(Cl)c(CS(C)(=N)=O)c2)n1. The molecule has 7 nitrogen and oxygen atoms in total. The minimum absolute atomic E-state index is 0.0383. The maximum absolute atomic E-state index is 13.4. The molecule has 1 atom stereocenters. The van der Waals surface area contributed by atoms with E-state index >= 15 is 0 Å². The number of benzene rings is 2. The Bertz CT molecular complexity index is 1120. The van der Waals surface area contributed by atoms with Crippen LogP contribution in [0.1, 0.15) is 5.56 Å². The highest BCUT2D eigenvalue weighted by atomic mass is 35.5. The van der Waals surface area contributed by atoms with Gasteiger partial charge < -0.3 is 10.1 Å². The molecule has 28 heavy (non-hydrogen) atoms. The number of hydrogen-bond acceptors (Lipinski definition) is 7. The number of rotatable bonds is 6. The zero-order chi connectivity index (χ0) is 20.3. The first-order chi connectivity index (χ1) is 13.2. The largest absolute Gasteiger partial charge is 0.496 e. The van der Waals surface area contributed by atoms with Crippen LogP contribution in [-0.4, -0.2) is 32.5 Å². The van der Waals surface area contributed by atoms with Gasteiger partial charge in [0.25, 0.3) is 0 Å². The summed E-state index contributed by atoms with van der Waals surface area (Å²) < 4.78 is 38.0. The van der Waals surface area contributed by atoms with Crippen LogP contribution in [0.2, 0.25) is 5.02 Å². The fraction of sp³-hybridized carbons (Fsp3) is 0.167. The normalized spacial score (nSPS) is 13.0. The number of nitrogens with one attached hydrogen (secondary N) is 2. The van der Waals surface area contributed by atoms with E-state index in [9.17, 15) is 8.60 Å². The molecule has 0 fully saturated rings. The summed E-state index contributed by atoms with van der Waals surface area (Å²) in [5.74, 6) is 0.484. The molecular weight excluding hydrogens is 405 g/mol. The van der Waals surface area contributed by atoms with Crippen LogP contribution in [0, 0.1) is 10.6 Å². The Morgan fingerprint density at radius 3 is 2.75 bits per heavy atom. The topological polar surface area (TPSA) is 101 Å². The third-order valence-electron chi connectivity index (χ3n) is 3.71. The lowest BCUT2D eigenvalue weighted by atomic mass is 10.2. The molecule has 1 unspecified atom stereocenters. The molecule has 2 N–H and O–H groups in total. The van der Waals surface area contributed by atoms with Gasteiger partial charge in [0.15, 0.2) is 5.82 Å². The minimum atomic E-state index is -2.74. The lowest BCUT2D eigenvalue weighted by molar-refractivity contribution is 0.412. The third kappa shape index (κ3) is 4.93. The van der Waals surface area contributed by atoms with Crippen molar-refractivity contribution in [2.45, 2.75) is 5.75 Å². The number of nitrogens with zero attached hydrogens (tertiary/aromatic N) is 3. The maximum atomic E-state index is 13.4. The van der Waals surface area contributed by atoms with Gasteiger partial charge in [-0.2, -0.15) is 4.98 Å². The van der Waals surface area contributed by atoms with E-state index in [0.29, 0.717) is 33.4 Å². The molecule has 0 aliphatic carbocycles. The van der Waals surface area contributed by atoms with E-state index < -0.39 is 15.5 Å². The standard InChI is InChI=1S/C18H17ClFN5O2S/c1-27-16-8-12(20)3-5-14(16)17-22-10-23-18(25-17)24-13-4-6-15(19)11(7-13)9-28(2,21)26/h3-8,10,21H,9H2,1-2H3,(H,22,23,24,25). The van der Waals surface area contributed by atoms with E-state index in [1.54, 1.807) is 18.2 Å². The van der Waals surface area contributed by atoms with Crippen LogP contribution < -0.4 is 10.1 Å². The van der Waals surface area contributed by atoms with Gasteiger partial charge in [0, 0.05) is 32.8 Å². The monoisotopic (exact) mass is 421 g/mol. The summed E-state index contributed by atoms with van der Waals surface area (Å²) in [5, 5.41) is 3.46. The van der Waals surface area contributed by atoms with Crippen molar-refractivity contribution < 1.29 is 13.3 Å². The van der Waals surface area contributed by atoms with Crippen LogP contribution in [0.4, 0.5) is 16.0 Å². The zero-order valence-corrected chi connectivity index (χ0v) is 16.6. The summed E-state index contributed by atoms with van der Waals surface area (Å²) >= 11 is 6.13. The number of methoxy groups -OCH3 is 1. The third-order valence-corrected chi connectivity index (χ3v) is 4.94. The molecule has 10 heteroatoms. The quantitative estimate of drug-likeness (QED) is 0.616. The van der Waals surface area contributed by atoms with Crippen molar-refractivity contribution in [2.75, 3.05) is 18.7 Å².